The van der Waals surface area contributed by atoms with Gasteiger partial charge in [-0.05, 0) is 121 Å². The van der Waals surface area contributed by atoms with Crippen molar-refractivity contribution >= 4 is 85.0 Å². The second kappa shape index (κ2) is 41.1. The van der Waals surface area contributed by atoms with Gasteiger partial charge in [-0.25, -0.2) is 4.68 Å². The topological polar surface area (TPSA) is 349 Å². The zero-order valence-electron chi connectivity index (χ0n) is 61.0. The van der Waals surface area contributed by atoms with Crippen molar-refractivity contribution in [3.8, 4) is 11.5 Å². The molecule has 0 fully saturated rings. The standard InChI is InChI=1S/C29H38N2O7.C28H36N2O7.C20H25N5O4/c1-29(2,3)27(32)21-5-10-25-22(19-21)20-26(31-25)28(33)30-23-6-8-24(9-7-23)38-18-17-37-16-15-36-14-13-35-12-11-34-4;1-28(2,3)26(32)20-4-9-24-21(18-20)19-25(30-24)27(33)29-22-5-7-23(8-6-22)37-17-16-36-15-14-35-13-12-34-11-10-31;1-20(2,3)18(27)13-4-5-15-14(10-13)11-17(21-15)22-19(28)16-12-25(24-23-16)6-8-29-9-7-26/h5-10,19-20,31H,11-18H2,1-4H3,(H,30,33);4-9,18-19,30-31H,10-17H2,1-3H3,(H,29,33);4-5,10-12,21,26H,6-9H2,1-3H3,(H,22,28). The summed E-state index contributed by atoms with van der Waals surface area (Å²) in [6, 6.07) is 35.8. The normalized spacial score (nSPS) is 11.6. The number of hydrogen-bond acceptors (Lipinski definition) is 20. The van der Waals surface area contributed by atoms with E-state index in [-0.39, 0.29) is 54.7 Å². The molecule has 3 amide bonds. The molecule has 8 N–H and O–H groups in total. The van der Waals surface area contributed by atoms with E-state index >= 15 is 0 Å². The highest BCUT2D eigenvalue weighted by molar-refractivity contribution is 6.10. The third-order valence-corrected chi connectivity index (χ3v) is 15.3. The molecule has 27 heteroatoms. The van der Waals surface area contributed by atoms with Gasteiger partial charge in [0.05, 0.1) is 125 Å². The molecule has 0 bridgehead atoms. The van der Waals surface area contributed by atoms with Gasteiger partial charge in [-0.2, -0.15) is 0 Å². The Morgan fingerprint density at radius 2 is 0.760 bits per heavy atom. The Bertz CT molecular complexity index is 4180. The molecular formula is C77H99N9O18. The zero-order valence-corrected chi connectivity index (χ0v) is 61.0. The van der Waals surface area contributed by atoms with Gasteiger partial charge in [-0.3, -0.25) is 28.8 Å². The van der Waals surface area contributed by atoms with Crippen molar-refractivity contribution in [2.45, 2.75) is 68.9 Å². The number of carbonyl (C=O) groups is 6. The molecule has 0 radical (unpaired) electrons. The van der Waals surface area contributed by atoms with Crippen LogP contribution < -0.4 is 25.4 Å². The number of aliphatic hydroxyl groups excluding tert-OH is 2. The van der Waals surface area contributed by atoms with Crippen LogP contribution >= 0.6 is 0 Å². The number of Topliss-reactive ketones (excluding diaryl/α,β-unsaturated/α-hetero) is 3. The molecule has 5 aromatic carbocycles. The van der Waals surface area contributed by atoms with E-state index in [0.29, 0.717) is 169 Å². The van der Waals surface area contributed by atoms with Crippen LogP contribution in [0.3, 0.4) is 0 Å². The number of fused-ring (bicyclic) bond motifs is 3. The molecule has 0 aliphatic carbocycles. The molecule has 0 saturated carbocycles. The summed E-state index contributed by atoms with van der Waals surface area (Å²) in [7, 11) is 1.64. The van der Waals surface area contributed by atoms with Crippen molar-refractivity contribution in [1.82, 2.24) is 29.9 Å². The summed E-state index contributed by atoms with van der Waals surface area (Å²) >= 11 is 0. The number of H-pyrrole nitrogens is 3. The molecule has 0 spiro atoms. The van der Waals surface area contributed by atoms with Crippen molar-refractivity contribution in [2.24, 2.45) is 16.2 Å². The number of aromatic nitrogens is 6. The largest absolute Gasteiger partial charge is 0.491 e. The number of carbonyl (C=O) groups excluding carboxylic acids is 6. The smallest absolute Gasteiger partial charge is 0.278 e. The molecular weight excluding hydrogens is 1340 g/mol. The van der Waals surface area contributed by atoms with Gasteiger partial charge in [0, 0.05) is 84.1 Å². The Morgan fingerprint density at radius 3 is 1.14 bits per heavy atom. The van der Waals surface area contributed by atoms with Gasteiger partial charge in [0.1, 0.15) is 41.9 Å². The minimum Gasteiger partial charge on any atom is -0.491 e. The summed E-state index contributed by atoms with van der Waals surface area (Å²) in [6.07, 6.45) is 1.53. The van der Waals surface area contributed by atoms with Crippen molar-refractivity contribution in [2.75, 3.05) is 149 Å². The number of aliphatic hydroxyl groups is 2. The highest BCUT2D eigenvalue weighted by Gasteiger charge is 2.26. The molecule has 0 aliphatic heterocycles. The fraction of sp³-hybridized carbons (Fsp3) is 0.429. The van der Waals surface area contributed by atoms with E-state index in [2.05, 4.69) is 41.2 Å². The summed E-state index contributed by atoms with van der Waals surface area (Å²) in [5, 5.41) is 36.0. The van der Waals surface area contributed by atoms with Crippen LogP contribution in [0.2, 0.25) is 0 Å². The van der Waals surface area contributed by atoms with Crippen molar-refractivity contribution in [1.29, 1.82) is 0 Å². The third-order valence-electron chi connectivity index (χ3n) is 15.3. The first-order valence-electron chi connectivity index (χ1n) is 34.4. The number of benzene rings is 5. The summed E-state index contributed by atoms with van der Waals surface area (Å²) in [6.45, 7) is 25.0. The Balaban J connectivity index is 0.000000220. The molecule has 4 heterocycles. The van der Waals surface area contributed by atoms with Crippen LogP contribution in [-0.4, -0.2) is 208 Å². The molecule has 27 nitrogen and oxygen atoms in total. The number of ether oxygens (including phenoxy) is 10. The summed E-state index contributed by atoms with van der Waals surface area (Å²) in [4.78, 5) is 84.9. The van der Waals surface area contributed by atoms with Crippen LogP contribution in [0.1, 0.15) is 125 Å². The molecule has 0 unspecified atom stereocenters. The second-order valence-corrected chi connectivity index (χ2v) is 26.9. The van der Waals surface area contributed by atoms with Gasteiger partial charge in [-0.1, -0.05) is 67.5 Å². The first-order chi connectivity index (χ1) is 49.8. The van der Waals surface area contributed by atoms with Crippen LogP contribution in [0.5, 0.6) is 11.5 Å². The van der Waals surface area contributed by atoms with Gasteiger partial charge in [0.2, 0.25) is 0 Å². The highest BCUT2D eigenvalue weighted by Crippen LogP contribution is 2.29. The summed E-state index contributed by atoms with van der Waals surface area (Å²) in [5.41, 5.74) is 5.17. The number of anilines is 3. The van der Waals surface area contributed by atoms with E-state index in [1.807, 2.05) is 98.7 Å². The quantitative estimate of drug-likeness (QED) is 0.0131. The number of hydrogen-bond donors (Lipinski definition) is 8. The molecule has 0 atom stereocenters. The lowest BCUT2D eigenvalue weighted by Crippen LogP contribution is -2.19. The van der Waals surface area contributed by atoms with Crippen molar-refractivity contribution in [3.63, 3.8) is 0 Å². The van der Waals surface area contributed by atoms with E-state index in [4.69, 9.17) is 57.6 Å². The molecule has 4 aromatic heterocycles. The number of nitrogens with one attached hydrogen (secondary N) is 6. The van der Waals surface area contributed by atoms with Gasteiger partial charge in [-0.15, -0.1) is 5.10 Å². The Morgan fingerprint density at radius 1 is 0.404 bits per heavy atom. The van der Waals surface area contributed by atoms with Gasteiger partial charge < -0.3 is 88.5 Å². The lowest BCUT2D eigenvalue weighted by Gasteiger charge is -2.16. The molecule has 0 aliphatic rings. The van der Waals surface area contributed by atoms with Crippen LogP contribution in [0, 0.1) is 16.2 Å². The average Bonchev–Trinajstić information content (AvgIpc) is 1.65. The zero-order chi connectivity index (χ0) is 75.1. The number of amides is 3. The lowest BCUT2D eigenvalue weighted by atomic mass is 9.86. The van der Waals surface area contributed by atoms with Crippen molar-refractivity contribution in [3.05, 3.63) is 161 Å². The SMILES string of the molecule is CC(C)(C)C(=O)c1ccc2[nH]c(C(=O)Nc3ccc(OCCOCCOCCOCCO)cc3)cc2c1.CC(C)(C)C(=O)c1ccc2[nH]c(NC(=O)c3cn(CCOCCO)nn3)cc2c1.COCCOCCOCCOCCOc1ccc(NC(=O)c2cc3cc(C(=O)C(C)(C)C)ccc3[nH]2)cc1. The first kappa shape index (κ1) is 81.8. The lowest BCUT2D eigenvalue weighted by molar-refractivity contribution is 0.000164. The average molecular weight is 1440 g/mol. The number of nitrogens with zero attached hydrogens (tertiary/aromatic N) is 3. The monoisotopic (exact) mass is 1440 g/mol. The minimum absolute atomic E-state index is 0.00905. The maximum atomic E-state index is 12.8. The minimum atomic E-state index is -0.473. The number of methoxy groups -OCH3 is 1. The van der Waals surface area contributed by atoms with Crippen LogP contribution in [0.15, 0.2) is 128 Å². The van der Waals surface area contributed by atoms with Gasteiger partial charge in [0.15, 0.2) is 23.0 Å². The fourth-order valence-electron chi connectivity index (χ4n) is 9.85. The third kappa shape index (κ3) is 26.9. The van der Waals surface area contributed by atoms with Crippen molar-refractivity contribution < 1.29 is 86.3 Å². The molecule has 9 rings (SSSR count). The van der Waals surface area contributed by atoms with Gasteiger partial charge in [0.25, 0.3) is 17.7 Å². The van der Waals surface area contributed by atoms with E-state index < -0.39 is 22.2 Å². The maximum absolute atomic E-state index is 12.8. The summed E-state index contributed by atoms with van der Waals surface area (Å²) in [5.74, 6) is 1.09. The number of ketones is 3. The fourth-order valence-corrected chi connectivity index (χ4v) is 9.85. The Hall–Kier alpha value is -9.52. The predicted molar refractivity (Wildman–Crippen MR) is 396 cm³/mol. The molecule has 9 aromatic rings. The molecule has 0 saturated heterocycles. The highest BCUT2D eigenvalue weighted by atomic mass is 16.6. The predicted octanol–water partition coefficient (Wildman–Crippen LogP) is 11.0. The first-order valence-corrected chi connectivity index (χ1v) is 34.4. The van der Waals surface area contributed by atoms with E-state index in [0.717, 1.165) is 32.7 Å². The second-order valence-electron chi connectivity index (χ2n) is 26.9. The Labute approximate surface area is 605 Å². The maximum Gasteiger partial charge on any atom is 0.278 e. The van der Waals surface area contributed by atoms with E-state index in [9.17, 15) is 28.8 Å². The van der Waals surface area contributed by atoms with Crippen LogP contribution in [0.4, 0.5) is 17.2 Å². The van der Waals surface area contributed by atoms with E-state index in [1.165, 1.54) is 10.9 Å². The summed E-state index contributed by atoms with van der Waals surface area (Å²) < 4.78 is 55.0. The van der Waals surface area contributed by atoms with Gasteiger partial charge >= 0.3 is 0 Å². The molecule has 560 valence electrons. The van der Waals surface area contributed by atoms with E-state index in [1.54, 1.807) is 92.0 Å². The van der Waals surface area contributed by atoms with Crippen LogP contribution in [0.25, 0.3) is 32.7 Å². The number of rotatable bonds is 39. The Kier molecular flexibility index (Phi) is 32.3. The molecule has 104 heavy (non-hydrogen) atoms. The number of aromatic amines is 3. The van der Waals surface area contributed by atoms with Crippen LogP contribution in [-0.2, 0) is 44.4 Å².